The maximum Gasteiger partial charge on any atom is 0.241 e. The average molecular weight is 300 g/mol. The summed E-state index contributed by atoms with van der Waals surface area (Å²) in [5.74, 6) is -0.544. The van der Waals surface area contributed by atoms with Crippen LogP contribution in [0.5, 0.6) is 0 Å². The smallest absolute Gasteiger partial charge is 0.241 e. The van der Waals surface area contributed by atoms with Crippen LogP contribution in [-0.4, -0.2) is 34.9 Å². The largest absolute Gasteiger partial charge is 0.318 e. The molecule has 0 spiro atoms. The molecule has 1 saturated heterocycles. The Morgan fingerprint density at radius 3 is 2.75 bits per heavy atom. The first-order valence-corrected chi connectivity index (χ1v) is 7.87. The zero-order valence-corrected chi connectivity index (χ0v) is 12.5. The zero-order chi connectivity index (χ0) is 14.9. The fourth-order valence-corrected chi connectivity index (χ4v) is 3.14. The third kappa shape index (κ3) is 2.81. The van der Waals surface area contributed by atoms with E-state index >= 15 is 0 Å². The molecule has 3 atom stereocenters. The molecule has 1 heterocycles. The SMILES string of the molecule is CSCC(C)N1C(=O)C(C)NC1c1ccc(F)cc1F. The van der Waals surface area contributed by atoms with Gasteiger partial charge >= 0.3 is 0 Å². The minimum Gasteiger partial charge on any atom is -0.318 e. The summed E-state index contributed by atoms with van der Waals surface area (Å²) in [5.41, 5.74) is 0.303. The number of nitrogens with one attached hydrogen (secondary N) is 1. The molecule has 0 bridgehead atoms. The Morgan fingerprint density at radius 1 is 1.45 bits per heavy atom. The van der Waals surface area contributed by atoms with Gasteiger partial charge in [-0.05, 0) is 32.2 Å². The lowest BCUT2D eigenvalue weighted by Gasteiger charge is -2.30. The molecule has 1 aliphatic heterocycles. The van der Waals surface area contributed by atoms with Crippen LogP contribution in [-0.2, 0) is 4.79 Å². The van der Waals surface area contributed by atoms with E-state index in [1.807, 2.05) is 13.2 Å². The first-order chi connectivity index (χ1) is 9.45. The number of rotatable bonds is 4. The van der Waals surface area contributed by atoms with Gasteiger partial charge in [-0.1, -0.05) is 0 Å². The Hall–Kier alpha value is -1.14. The number of benzene rings is 1. The van der Waals surface area contributed by atoms with E-state index in [1.54, 1.807) is 23.6 Å². The van der Waals surface area contributed by atoms with Gasteiger partial charge in [-0.15, -0.1) is 0 Å². The second-order valence-electron chi connectivity index (χ2n) is 5.01. The first kappa shape index (κ1) is 15.3. The molecule has 1 fully saturated rings. The Balaban J connectivity index is 2.35. The molecule has 1 aromatic rings. The fourth-order valence-electron chi connectivity index (χ4n) is 2.50. The van der Waals surface area contributed by atoms with Crippen molar-refractivity contribution in [2.75, 3.05) is 12.0 Å². The standard InChI is InChI=1S/C14H18F2N2OS/c1-8(7-20-3)18-13(17-9(2)14(18)19)11-5-4-10(15)6-12(11)16/h4-6,8-9,13,17H,7H2,1-3H3. The monoisotopic (exact) mass is 300 g/mol. The van der Waals surface area contributed by atoms with Gasteiger partial charge in [0.1, 0.15) is 17.8 Å². The molecule has 1 aromatic carbocycles. The minimum absolute atomic E-state index is 0.0237. The molecule has 1 N–H and O–H groups in total. The van der Waals surface area contributed by atoms with Crippen molar-refractivity contribution in [3.05, 3.63) is 35.4 Å². The molecule has 3 unspecified atom stereocenters. The number of carbonyl (C=O) groups excluding carboxylic acids is 1. The van der Waals surface area contributed by atoms with Crippen molar-refractivity contribution >= 4 is 17.7 Å². The number of hydrogen-bond donors (Lipinski definition) is 1. The van der Waals surface area contributed by atoms with Crippen LogP contribution >= 0.6 is 11.8 Å². The van der Waals surface area contributed by atoms with Crippen LogP contribution in [0.15, 0.2) is 18.2 Å². The highest BCUT2D eigenvalue weighted by Gasteiger charge is 2.40. The second-order valence-corrected chi connectivity index (χ2v) is 5.92. The lowest BCUT2D eigenvalue weighted by molar-refractivity contribution is -0.131. The van der Waals surface area contributed by atoms with Crippen molar-refractivity contribution in [3.63, 3.8) is 0 Å². The maximum absolute atomic E-state index is 14.0. The molecule has 1 aliphatic rings. The summed E-state index contributed by atoms with van der Waals surface area (Å²) in [7, 11) is 0. The molecule has 2 rings (SSSR count). The molecule has 0 radical (unpaired) electrons. The number of hydrogen-bond acceptors (Lipinski definition) is 3. The summed E-state index contributed by atoms with van der Waals surface area (Å²) in [4.78, 5) is 13.9. The Kier molecular flexibility index (Phi) is 4.65. The lowest BCUT2D eigenvalue weighted by atomic mass is 10.1. The Labute approximate surface area is 121 Å². The molecular weight excluding hydrogens is 282 g/mol. The Bertz CT molecular complexity index is 512. The normalized spacial score (nSPS) is 24.2. The summed E-state index contributed by atoms with van der Waals surface area (Å²) < 4.78 is 27.0. The number of nitrogens with zero attached hydrogens (tertiary/aromatic N) is 1. The molecule has 0 aliphatic carbocycles. The number of halogens is 2. The van der Waals surface area contributed by atoms with Gasteiger partial charge in [0, 0.05) is 23.4 Å². The topological polar surface area (TPSA) is 32.3 Å². The van der Waals surface area contributed by atoms with Gasteiger partial charge in [0.2, 0.25) is 5.91 Å². The summed E-state index contributed by atoms with van der Waals surface area (Å²) in [5, 5.41) is 3.07. The minimum atomic E-state index is -0.634. The predicted octanol–water partition coefficient (Wildman–Crippen LogP) is 2.54. The van der Waals surface area contributed by atoms with Crippen LogP contribution in [0.4, 0.5) is 8.78 Å². The third-order valence-corrected chi connectivity index (χ3v) is 4.27. The van der Waals surface area contributed by atoms with Gasteiger partial charge in [-0.25, -0.2) is 8.78 Å². The molecule has 20 heavy (non-hydrogen) atoms. The molecule has 0 aromatic heterocycles. The molecule has 3 nitrogen and oxygen atoms in total. The van der Waals surface area contributed by atoms with Crippen LogP contribution in [0.2, 0.25) is 0 Å². The van der Waals surface area contributed by atoms with Gasteiger partial charge in [-0.3, -0.25) is 10.1 Å². The summed E-state index contributed by atoms with van der Waals surface area (Å²) in [6, 6.07) is 3.07. The molecule has 110 valence electrons. The van der Waals surface area contributed by atoms with Gasteiger partial charge in [-0.2, -0.15) is 11.8 Å². The molecule has 6 heteroatoms. The van der Waals surface area contributed by atoms with Crippen LogP contribution in [0.1, 0.15) is 25.6 Å². The van der Waals surface area contributed by atoms with Gasteiger partial charge < -0.3 is 4.90 Å². The van der Waals surface area contributed by atoms with E-state index in [2.05, 4.69) is 5.32 Å². The zero-order valence-electron chi connectivity index (χ0n) is 11.7. The van der Waals surface area contributed by atoms with E-state index in [9.17, 15) is 13.6 Å². The molecular formula is C14H18F2N2OS. The van der Waals surface area contributed by atoms with Crippen molar-refractivity contribution in [1.82, 2.24) is 10.2 Å². The highest BCUT2D eigenvalue weighted by atomic mass is 32.2. The van der Waals surface area contributed by atoms with Crippen LogP contribution in [0.3, 0.4) is 0 Å². The number of carbonyl (C=O) groups is 1. The second kappa shape index (κ2) is 6.10. The first-order valence-electron chi connectivity index (χ1n) is 6.47. The maximum atomic E-state index is 14.0. The van der Waals surface area contributed by atoms with E-state index in [4.69, 9.17) is 0 Å². The van der Waals surface area contributed by atoms with Crippen LogP contribution < -0.4 is 5.32 Å². The van der Waals surface area contributed by atoms with Gasteiger partial charge in [0.05, 0.1) is 6.04 Å². The van der Waals surface area contributed by atoms with Crippen molar-refractivity contribution < 1.29 is 13.6 Å². The third-order valence-electron chi connectivity index (χ3n) is 3.45. The van der Waals surface area contributed by atoms with Gasteiger partial charge in [0.25, 0.3) is 0 Å². The van der Waals surface area contributed by atoms with Crippen molar-refractivity contribution in [2.45, 2.75) is 32.1 Å². The highest BCUT2D eigenvalue weighted by Crippen LogP contribution is 2.30. The predicted molar refractivity (Wildman–Crippen MR) is 76.4 cm³/mol. The van der Waals surface area contributed by atoms with Crippen molar-refractivity contribution in [3.8, 4) is 0 Å². The van der Waals surface area contributed by atoms with E-state index < -0.39 is 17.8 Å². The quantitative estimate of drug-likeness (QED) is 0.927. The lowest BCUT2D eigenvalue weighted by Crippen LogP contribution is -2.40. The van der Waals surface area contributed by atoms with E-state index in [-0.39, 0.29) is 18.0 Å². The molecule has 0 saturated carbocycles. The van der Waals surface area contributed by atoms with Gasteiger partial charge in [0.15, 0.2) is 0 Å². The van der Waals surface area contributed by atoms with Crippen molar-refractivity contribution in [1.29, 1.82) is 0 Å². The highest BCUT2D eigenvalue weighted by molar-refractivity contribution is 7.98. The average Bonchev–Trinajstić information content (AvgIpc) is 2.66. The van der Waals surface area contributed by atoms with Crippen LogP contribution in [0.25, 0.3) is 0 Å². The van der Waals surface area contributed by atoms with E-state index in [1.165, 1.54) is 12.1 Å². The molecule has 1 amide bonds. The summed E-state index contributed by atoms with van der Waals surface area (Å²) in [6.45, 7) is 3.69. The number of amides is 1. The van der Waals surface area contributed by atoms with E-state index in [0.29, 0.717) is 5.56 Å². The number of thioether (sulfide) groups is 1. The van der Waals surface area contributed by atoms with Crippen LogP contribution in [0, 0.1) is 11.6 Å². The summed E-state index contributed by atoms with van der Waals surface area (Å²) in [6.07, 6.45) is 1.42. The Morgan fingerprint density at radius 2 is 2.15 bits per heavy atom. The van der Waals surface area contributed by atoms with E-state index in [0.717, 1.165) is 11.8 Å². The fraction of sp³-hybridized carbons (Fsp3) is 0.500. The van der Waals surface area contributed by atoms with Crippen molar-refractivity contribution in [2.24, 2.45) is 0 Å². The summed E-state index contributed by atoms with van der Waals surface area (Å²) >= 11 is 1.63.